The number of likely N-dealkylation sites (tertiary alicyclic amines) is 1. The Morgan fingerprint density at radius 2 is 1.84 bits per heavy atom. The average molecular weight is 418 g/mol. The van der Waals surface area contributed by atoms with E-state index < -0.39 is 0 Å². The summed E-state index contributed by atoms with van der Waals surface area (Å²) in [6.45, 7) is 3.49. The van der Waals surface area contributed by atoms with Crippen LogP contribution < -0.4 is 10.3 Å². The molecule has 1 amide bonds. The summed E-state index contributed by atoms with van der Waals surface area (Å²) in [5, 5.41) is 8.75. The van der Waals surface area contributed by atoms with Crippen LogP contribution in [0.1, 0.15) is 34.8 Å². The number of hydrogen-bond donors (Lipinski definition) is 0. The minimum Gasteiger partial charge on any atom is -0.497 e. The first-order valence-electron chi connectivity index (χ1n) is 10.2. The van der Waals surface area contributed by atoms with E-state index in [1.165, 1.54) is 6.20 Å². The molecule has 0 unspecified atom stereocenters. The normalized spacial score (nSPS) is 19.6. The number of aryl methyl sites for hydroxylation is 1. The van der Waals surface area contributed by atoms with E-state index in [0.717, 1.165) is 18.5 Å². The molecule has 3 aromatic rings. The largest absolute Gasteiger partial charge is 0.497 e. The van der Waals surface area contributed by atoms with E-state index in [9.17, 15) is 9.59 Å². The van der Waals surface area contributed by atoms with Crippen LogP contribution >= 0.6 is 0 Å². The number of rotatable bonds is 3. The van der Waals surface area contributed by atoms with Crippen molar-refractivity contribution in [2.45, 2.75) is 31.7 Å². The van der Waals surface area contributed by atoms with Crippen LogP contribution in [0.4, 0.5) is 0 Å². The quantitative estimate of drug-likeness (QED) is 0.636. The lowest BCUT2D eigenvalue weighted by atomic mass is 9.85. The first kappa shape index (κ1) is 19.3. The molecule has 1 spiro atoms. The van der Waals surface area contributed by atoms with E-state index in [4.69, 9.17) is 4.74 Å². The van der Waals surface area contributed by atoms with E-state index in [-0.39, 0.29) is 16.9 Å². The Morgan fingerprint density at radius 3 is 2.55 bits per heavy atom. The lowest BCUT2D eigenvalue weighted by molar-refractivity contribution is 0.0776. The van der Waals surface area contributed by atoms with Crippen molar-refractivity contribution in [3.8, 4) is 17.0 Å². The maximum atomic E-state index is 13.2. The van der Waals surface area contributed by atoms with E-state index in [1.807, 2.05) is 6.92 Å². The van der Waals surface area contributed by atoms with Crippen molar-refractivity contribution in [3.63, 3.8) is 0 Å². The molecule has 9 nitrogen and oxygen atoms in total. The van der Waals surface area contributed by atoms with Crippen LogP contribution in [-0.2, 0) is 12.0 Å². The summed E-state index contributed by atoms with van der Waals surface area (Å²) in [6.07, 6.45) is 4.60. The zero-order valence-electron chi connectivity index (χ0n) is 17.4. The summed E-state index contributed by atoms with van der Waals surface area (Å²) in [6, 6.07) is 7.20. The fourth-order valence-corrected chi connectivity index (χ4v) is 4.48. The van der Waals surface area contributed by atoms with Gasteiger partial charge in [-0.2, -0.15) is 0 Å². The molecule has 0 aliphatic carbocycles. The Kier molecular flexibility index (Phi) is 4.53. The third kappa shape index (κ3) is 3.17. The summed E-state index contributed by atoms with van der Waals surface area (Å²) < 4.78 is 6.89. The second-order valence-electron chi connectivity index (χ2n) is 8.11. The van der Waals surface area contributed by atoms with Gasteiger partial charge in [-0.1, -0.05) is 0 Å². The topological polar surface area (TPSA) is 103 Å². The van der Waals surface area contributed by atoms with Crippen molar-refractivity contribution in [2.75, 3.05) is 20.2 Å². The molecular weight excluding hydrogens is 396 g/mol. The van der Waals surface area contributed by atoms with Crippen molar-refractivity contribution in [1.29, 1.82) is 0 Å². The van der Waals surface area contributed by atoms with Crippen LogP contribution in [0.25, 0.3) is 11.3 Å². The van der Waals surface area contributed by atoms with Crippen LogP contribution in [0.3, 0.4) is 0 Å². The molecule has 1 atom stereocenters. The fraction of sp³-hybridized carbons (Fsp3) is 0.364. The minimum absolute atomic E-state index is 0.145. The second-order valence-corrected chi connectivity index (χ2v) is 8.11. The Labute approximate surface area is 178 Å². The van der Waals surface area contributed by atoms with Crippen LogP contribution in [0.2, 0.25) is 0 Å². The molecule has 1 aromatic carbocycles. The Morgan fingerprint density at radius 1 is 1.06 bits per heavy atom. The number of methoxy groups -OCH3 is 1. The van der Waals surface area contributed by atoms with Gasteiger partial charge in [-0.05, 0) is 44.0 Å². The maximum absolute atomic E-state index is 13.2. The number of carbonyl (C=O) groups is 1. The molecule has 5 rings (SSSR count). The van der Waals surface area contributed by atoms with E-state index >= 15 is 0 Å². The van der Waals surface area contributed by atoms with Crippen molar-refractivity contribution >= 4 is 5.91 Å². The summed E-state index contributed by atoms with van der Waals surface area (Å²) in [4.78, 5) is 36.2. The van der Waals surface area contributed by atoms with Gasteiger partial charge in [-0.15, -0.1) is 10.2 Å². The van der Waals surface area contributed by atoms with Gasteiger partial charge in [0.25, 0.3) is 11.5 Å². The number of benzene rings is 1. The average Bonchev–Trinajstić information content (AvgIpc) is 3.39. The van der Waals surface area contributed by atoms with Crippen molar-refractivity contribution in [1.82, 2.24) is 29.6 Å². The highest BCUT2D eigenvalue weighted by Gasteiger charge is 2.48. The van der Waals surface area contributed by atoms with Gasteiger partial charge in [0.05, 0.1) is 24.4 Å². The first-order chi connectivity index (χ1) is 15.0. The van der Waals surface area contributed by atoms with Crippen molar-refractivity contribution in [3.05, 3.63) is 64.2 Å². The Hall–Kier alpha value is -3.62. The Balaban J connectivity index is 1.43. The summed E-state index contributed by atoms with van der Waals surface area (Å²) in [5.74, 6) is 1.24. The van der Waals surface area contributed by atoms with Crippen LogP contribution in [-0.4, -0.2) is 55.7 Å². The van der Waals surface area contributed by atoms with Crippen LogP contribution in [0, 0.1) is 6.92 Å². The molecule has 158 valence electrons. The smallest absolute Gasteiger partial charge is 0.280 e. The molecule has 0 bridgehead atoms. The molecule has 2 aliphatic heterocycles. The van der Waals surface area contributed by atoms with Gasteiger partial charge in [0.1, 0.15) is 17.3 Å². The monoisotopic (exact) mass is 418 g/mol. The summed E-state index contributed by atoms with van der Waals surface area (Å²) >= 11 is 0. The van der Waals surface area contributed by atoms with Crippen molar-refractivity contribution in [2.24, 2.45) is 0 Å². The highest BCUT2D eigenvalue weighted by molar-refractivity contribution is 5.92. The molecule has 0 radical (unpaired) electrons. The Bertz CT molecular complexity index is 1210. The molecule has 1 fully saturated rings. The first-order valence-corrected chi connectivity index (χ1v) is 10.2. The maximum Gasteiger partial charge on any atom is 0.280 e. The lowest BCUT2D eigenvalue weighted by Gasteiger charge is -2.22. The number of hydrogen-bond acceptors (Lipinski definition) is 7. The van der Waals surface area contributed by atoms with Gasteiger partial charge in [-0.3, -0.25) is 19.1 Å². The number of carbonyl (C=O) groups excluding carboxylic acids is 1. The highest BCUT2D eigenvalue weighted by Crippen LogP contribution is 2.41. The van der Waals surface area contributed by atoms with Gasteiger partial charge in [0.15, 0.2) is 5.69 Å². The predicted molar refractivity (Wildman–Crippen MR) is 112 cm³/mol. The van der Waals surface area contributed by atoms with Crippen molar-refractivity contribution < 1.29 is 9.53 Å². The number of aromatic nitrogens is 5. The molecule has 9 heteroatoms. The summed E-state index contributed by atoms with van der Waals surface area (Å²) in [5.41, 5.74) is 1.62. The van der Waals surface area contributed by atoms with Gasteiger partial charge < -0.3 is 9.64 Å². The minimum atomic E-state index is -0.349. The van der Waals surface area contributed by atoms with Crippen LogP contribution in [0.15, 0.2) is 41.5 Å². The predicted octanol–water partition coefficient (Wildman–Crippen LogP) is 1.60. The van der Waals surface area contributed by atoms with Gasteiger partial charge in [0, 0.05) is 31.4 Å². The van der Waals surface area contributed by atoms with Gasteiger partial charge in [0.2, 0.25) is 0 Å². The third-order valence-electron chi connectivity index (χ3n) is 6.24. The lowest BCUT2D eigenvalue weighted by Crippen LogP contribution is -2.35. The molecule has 4 heterocycles. The molecule has 0 saturated carbocycles. The van der Waals surface area contributed by atoms with E-state index in [0.29, 0.717) is 48.2 Å². The van der Waals surface area contributed by atoms with Crippen LogP contribution in [0.5, 0.6) is 5.75 Å². The van der Waals surface area contributed by atoms with E-state index in [1.54, 1.807) is 47.0 Å². The number of ether oxygens (including phenoxy) is 1. The number of fused-ring (bicyclic) bond motifs is 2. The zero-order valence-corrected chi connectivity index (χ0v) is 17.4. The number of nitrogens with zero attached hydrogens (tertiary/aromatic N) is 6. The van der Waals surface area contributed by atoms with E-state index in [2.05, 4.69) is 20.2 Å². The zero-order chi connectivity index (χ0) is 21.6. The standard InChI is InChI=1S/C22H22N6O3/c1-14-11-24-17(12-23-14)19(29)27-9-7-22(13-27)8-10-28-20(30)18(25-26-21(22)28)15-3-5-16(31-2)6-4-15/h3-6,11-12H,7-10,13H2,1-2H3/t22-/m1/s1. The SMILES string of the molecule is COc1ccc(-c2nnc3n(c2=O)CC[C@@]32CCN(C(=O)c3cnc(C)cn3)C2)cc1. The summed E-state index contributed by atoms with van der Waals surface area (Å²) in [7, 11) is 1.60. The molecule has 1 saturated heterocycles. The fourth-order valence-electron chi connectivity index (χ4n) is 4.48. The number of amides is 1. The molecule has 2 aliphatic rings. The second kappa shape index (κ2) is 7.26. The molecule has 2 aromatic heterocycles. The molecule has 0 N–H and O–H groups in total. The molecular formula is C22H22N6O3. The van der Waals surface area contributed by atoms with Gasteiger partial charge in [-0.25, -0.2) is 4.98 Å². The third-order valence-corrected chi connectivity index (χ3v) is 6.24. The van der Waals surface area contributed by atoms with Gasteiger partial charge >= 0.3 is 0 Å². The molecule has 31 heavy (non-hydrogen) atoms. The highest BCUT2D eigenvalue weighted by atomic mass is 16.5.